The topological polar surface area (TPSA) is 50.7 Å². The Hall–Kier alpha value is -0.910. The van der Waals surface area contributed by atoms with Crippen LogP contribution in [0.25, 0.3) is 0 Å². The van der Waals surface area contributed by atoms with Crippen LogP contribution < -0.4 is 14.8 Å². The highest BCUT2D eigenvalue weighted by Gasteiger charge is 2.13. The molecule has 0 bridgehead atoms. The number of hydrogen-bond acceptors (Lipinski definition) is 5. The molecular formula is C15H25NO3S. The Morgan fingerprint density at radius 1 is 1.25 bits per heavy atom. The van der Waals surface area contributed by atoms with Gasteiger partial charge in [-0.15, -0.1) is 0 Å². The zero-order valence-corrected chi connectivity index (χ0v) is 13.3. The normalized spacial score (nSPS) is 12.2. The largest absolute Gasteiger partial charge is 0.493 e. The van der Waals surface area contributed by atoms with Gasteiger partial charge >= 0.3 is 0 Å². The van der Waals surface area contributed by atoms with Crippen molar-refractivity contribution in [3.8, 4) is 11.5 Å². The predicted molar refractivity (Wildman–Crippen MR) is 85.0 cm³/mol. The molecule has 0 saturated heterocycles. The zero-order valence-electron chi connectivity index (χ0n) is 12.5. The summed E-state index contributed by atoms with van der Waals surface area (Å²) in [6.07, 6.45) is 1.09. The molecule has 0 aliphatic heterocycles. The number of benzene rings is 1. The highest BCUT2D eigenvalue weighted by molar-refractivity contribution is 7.99. The standard InChI is InChI=1S/C15H25NO3S/c1-4-7-16-13(11-20-9-8-17)12-5-6-14(18-2)15(10-12)19-3/h5-6,10,13,16-17H,4,7-9,11H2,1-3H3. The SMILES string of the molecule is CCCNC(CSCCO)c1ccc(OC)c(OC)c1. The predicted octanol–water partition coefficient (Wildman–Crippen LogP) is 2.47. The summed E-state index contributed by atoms with van der Waals surface area (Å²) in [4.78, 5) is 0. The molecule has 0 amide bonds. The van der Waals surface area contributed by atoms with Crippen molar-refractivity contribution in [3.05, 3.63) is 23.8 Å². The minimum absolute atomic E-state index is 0.219. The summed E-state index contributed by atoms with van der Waals surface area (Å²) in [5, 5.41) is 12.4. The van der Waals surface area contributed by atoms with E-state index >= 15 is 0 Å². The van der Waals surface area contributed by atoms with Gasteiger partial charge in [0.25, 0.3) is 0 Å². The Bertz CT molecular complexity index is 387. The third kappa shape index (κ3) is 5.23. The highest BCUT2D eigenvalue weighted by atomic mass is 32.2. The van der Waals surface area contributed by atoms with Crippen molar-refractivity contribution in [2.24, 2.45) is 0 Å². The minimum atomic E-state index is 0.219. The van der Waals surface area contributed by atoms with Crippen LogP contribution in [0.3, 0.4) is 0 Å². The molecule has 5 heteroatoms. The second kappa shape index (κ2) is 9.91. The summed E-state index contributed by atoms with van der Waals surface area (Å²) in [5.41, 5.74) is 1.18. The summed E-state index contributed by atoms with van der Waals surface area (Å²) in [6, 6.07) is 6.28. The van der Waals surface area contributed by atoms with Crippen LogP contribution in [0.2, 0.25) is 0 Å². The highest BCUT2D eigenvalue weighted by Crippen LogP contribution is 2.31. The van der Waals surface area contributed by atoms with Gasteiger partial charge in [-0.05, 0) is 30.7 Å². The fraction of sp³-hybridized carbons (Fsp3) is 0.600. The number of ether oxygens (including phenoxy) is 2. The zero-order chi connectivity index (χ0) is 14.8. The van der Waals surface area contributed by atoms with Gasteiger partial charge in [0.1, 0.15) is 0 Å². The molecule has 20 heavy (non-hydrogen) atoms. The Morgan fingerprint density at radius 3 is 2.60 bits per heavy atom. The molecule has 0 spiro atoms. The molecule has 1 unspecified atom stereocenters. The molecule has 0 aliphatic rings. The van der Waals surface area contributed by atoms with Crippen molar-refractivity contribution >= 4 is 11.8 Å². The maximum atomic E-state index is 8.90. The summed E-state index contributed by atoms with van der Waals surface area (Å²) in [6.45, 7) is 3.34. The molecule has 0 radical (unpaired) electrons. The van der Waals surface area contributed by atoms with Crippen molar-refractivity contribution in [1.82, 2.24) is 5.32 Å². The molecule has 1 atom stereocenters. The molecule has 1 aromatic carbocycles. The number of rotatable bonds is 10. The third-order valence-electron chi connectivity index (χ3n) is 2.97. The van der Waals surface area contributed by atoms with Gasteiger partial charge in [0.2, 0.25) is 0 Å². The maximum absolute atomic E-state index is 8.90. The second-order valence-corrected chi connectivity index (χ2v) is 5.57. The number of thioether (sulfide) groups is 1. The van der Waals surface area contributed by atoms with Crippen molar-refractivity contribution < 1.29 is 14.6 Å². The van der Waals surface area contributed by atoms with Crippen LogP contribution in [0.5, 0.6) is 11.5 Å². The number of methoxy groups -OCH3 is 2. The van der Waals surface area contributed by atoms with Crippen molar-refractivity contribution in [1.29, 1.82) is 0 Å². The number of aliphatic hydroxyl groups is 1. The Morgan fingerprint density at radius 2 is 2.00 bits per heavy atom. The van der Waals surface area contributed by atoms with Crippen molar-refractivity contribution in [2.75, 3.05) is 38.9 Å². The van der Waals surface area contributed by atoms with Crippen LogP contribution in [0, 0.1) is 0 Å². The van der Waals surface area contributed by atoms with E-state index in [0.29, 0.717) is 0 Å². The van der Waals surface area contributed by atoms with Crippen LogP contribution in [-0.2, 0) is 0 Å². The summed E-state index contributed by atoms with van der Waals surface area (Å²) in [7, 11) is 3.29. The molecule has 114 valence electrons. The lowest BCUT2D eigenvalue weighted by atomic mass is 10.1. The summed E-state index contributed by atoms with van der Waals surface area (Å²) < 4.78 is 10.6. The molecular weight excluding hydrogens is 274 g/mol. The first kappa shape index (κ1) is 17.1. The van der Waals surface area contributed by atoms with Crippen LogP contribution in [0.4, 0.5) is 0 Å². The second-order valence-electron chi connectivity index (χ2n) is 4.42. The van der Waals surface area contributed by atoms with E-state index in [4.69, 9.17) is 14.6 Å². The van der Waals surface area contributed by atoms with E-state index in [9.17, 15) is 0 Å². The average Bonchev–Trinajstić information content (AvgIpc) is 2.50. The average molecular weight is 299 g/mol. The van der Waals surface area contributed by atoms with Gasteiger partial charge in [-0.1, -0.05) is 13.0 Å². The molecule has 0 aliphatic carbocycles. The van der Waals surface area contributed by atoms with Gasteiger partial charge < -0.3 is 19.9 Å². The molecule has 2 N–H and O–H groups in total. The lowest BCUT2D eigenvalue weighted by molar-refractivity contribution is 0.322. The number of nitrogens with one attached hydrogen (secondary N) is 1. The van der Waals surface area contributed by atoms with E-state index in [1.807, 2.05) is 12.1 Å². The Balaban J connectivity index is 2.82. The maximum Gasteiger partial charge on any atom is 0.161 e. The van der Waals surface area contributed by atoms with Gasteiger partial charge in [0, 0.05) is 17.5 Å². The van der Waals surface area contributed by atoms with E-state index in [2.05, 4.69) is 18.3 Å². The van der Waals surface area contributed by atoms with Crippen molar-refractivity contribution in [2.45, 2.75) is 19.4 Å². The van der Waals surface area contributed by atoms with Gasteiger partial charge in [0.05, 0.1) is 20.8 Å². The van der Waals surface area contributed by atoms with Crippen molar-refractivity contribution in [3.63, 3.8) is 0 Å². The van der Waals surface area contributed by atoms with E-state index < -0.39 is 0 Å². The fourth-order valence-corrected chi connectivity index (χ4v) is 2.77. The van der Waals surface area contributed by atoms with Crippen LogP contribution in [0.1, 0.15) is 24.9 Å². The molecule has 0 heterocycles. The molecule has 4 nitrogen and oxygen atoms in total. The van der Waals surface area contributed by atoms with E-state index in [1.54, 1.807) is 26.0 Å². The summed E-state index contributed by atoms with van der Waals surface area (Å²) in [5.74, 6) is 3.18. The third-order valence-corrected chi connectivity index (χ3v) is 4.01. The quantitative estimate of drug-likeness (QED) is 0.650. The molecule has 1 aromatic rings. The number of hydrogen-bond donors (Lipinski definition) is 2. The molecule has 0 aromatic heterocycles. The molecule has 0 fully saturated rings. The van der Waals surface area contributed by atoms with Crippen LogP contribution >= 0.6 is 11.8 Å². The van der Waals surface area contributed by atoms with Crippen LogP contribution in [0.15, 0.2) is 18.2 Å². The molecule has 1 rings (SSSR count). The first-order valence-corrected chi connectivity index (χ1v) is 8.06. The minimum Gasteiger partial charge on any atom is -0.493 e. The smallest absolute Gasteiger partial charge is 0.161 e. The lowest BCUT2D eigenvalue weighted by Gasteiger charge is -2.20. The first-order chi connectivity index (χ1) is 9.76. The van der Waals surface area contributed by atoms with Gasteiger partial charge in [0.15, 0.2) is 11.5 Å². The van der Waals surface area contributed by atoms with E-state index in [1.165, 1.54) is 5.56 Å². The van der Waals surface area contributed by atoms with Gasteiger partial charge in [-0.2, -0.15) is 11.8 Å². The Kier molecular flexibility index (Phi) is 8.49. The van der Waals surface area contributed by atoms with Gasteiger partial charge in [-0.25, -0.2) is 0 Å². The van der Waals surface area contributed by atoms with E-state index in [-0.39, 0.29) is 12.6 Å². The van der Waals surface area contributed by atoms with Crippen LogP contribution in [-0.4, -0.2) is 44.0 Å². The van der Waals surface area contributed by atoms with E-state index in [0.717, 1.165) is 36.0 Å². The number of aliphatic hydroxyl groups excluding tert-OH is 1. The fourth-order valence-electron chi connectivity index (χ4n) is 1.93. The molecule has 0 saturated carbocycles. The lowest BCUT2D eigenvalue weighted by Crippen LogP contribution is -2.24. The Labute approximate surface area is 125 Å². The summed E-state index contributed by atoms with van der Waals surface area (Å²) >= 11 is 1.75. The van der Waals surface area contributed by atoms with Gasteiger partial charge in [-0.3, -0.25) is 0 Å². The monoisotopic (exact) mass is 299 g/mol. The first-order valence-electron chi connectivity index (χ1n) is 6.90.